The Bertz CT molecular complexity index is 523. The zero-order valence-corrected chi connectivity index (χ0v) is 14.1. The van der Waals surface area contributed by atoms with E-state index in [-0.39, 0.29) is 5.91 Å². The summed E-state index contributed by atoms with van der Waals surface area (Å²) in [6.07, 6.45) is 6.24. The zero-order valence-electron chi connectivity index (χ0n) is 14.1. The Kier molecular flexibility index (Phi) is 4.87. The Hall–Kier alpha value is -1.29. The van der Waals surface area contributed by atoms with Gasteiger partial charge in [-0.05, 0) is 65.1 Å². The molecular weight excluding hydrogens is 274 g/mol. The van der Waals surface area contributed by atoms with Crippen molar-refractivity contribution in [2.24, 2.45) is 0 Å². The lowest BCUT2D eigenvalue weighted by molar-refractivity contribution is 0.0723. The smallest absolute Gasteiger partial charge is 0.255 e. The van der Waals surface area contributed by atoms with Gasteiger partial charge in [-0.15, -0.1) is 0 Å². The highest BCUT2D eigenvalue weighted by Crippen LogP contribution is 2.20. The molecule has 0 bridgehead atoms. The lowest BCUT2D eigenvalue weighted by atomic mass is 10.1. The minimum Gasteiger partial charge on any atom is -0.347 e. The van der Waals surface area contributed by atoms with Crippen LogP contribution in [0.1, 0.15) is 53.8 Å². The van der Waals surface area contributed by atoms with E-state index in [2.05, 4.69) is 29.4 Å². The highest BCUT2D eigenvalue weighted by Gasteiger charge is 2.23. The van der Waals surface area contributed by atoms with Gasteiger partial charge < -0.3 is 14.4 Å². The van der Waals surface area contributed by atoms with Crippen LogP contribution in [-0.2, 0) is 6.54 Å². The van der Waals surface area contributed by atoms with Crippen molar-refractivity contribution in [3.8, 4) is 0 Å². The standard InChI is InChI=1S/C18H29N3O/c1-15-14-17(18(22)20-10-4-3-5-11-20)16(2)21(15)13-12-19-8-6-7-9-19/h14H,3-13H2,1-2H3. The number of carbonyl (C=O) groups excluding carboxylic acids is 1. The molecule has 122 valence electrons. The third kappa shape index (κ3) is 3.22. The Labute approximate surface area is 134 Å². The molecule has 4 nitrogen and oxygen atoms in total. The second-order valence-electron chi connectivity index (χ2n) is 6.84. The van der Waals surface area contributed by atoms with E-state index in [1.807, 2.05) is 4.90 Å². The van der Waals surface area contributed by atoms with E-state index in [4.69, 9.17) is 0 Å². The van der Waals surface area contributed by atoms with Gasteiger partial charge in [0.25, 0.3) is 5.91 Å². The number of likely N-dealkylation sites (tertiary alicyclic amines) is 2. The summed E-state index contributed by atoms with van der Waals surface area (Å²) in [6.45, 7) is 10.7. The highest BCUT2D eigenvalue weighted by atomic mass is 16.2. The summed E-state index contributed by atoms with van der Waals surface area (Å²) in [4.78, 5) is 17.3. The fourth-order valence-corrected chi connectivity index (χ4v) is 3.88. The number of carbonyl (C=O) groups is 1. The maximum Gasteiger partial charge on any atom is 0.255 e. The first-order valence-corrected chi connectivity index (χ1v) is 8.85. The molecule has 3 rings (SSSR count). The van der Waals surface area contributed by atoms with E-state index in [0.29, 0.717) is 0 Å². The number of amides is 1. The van der Waals surface area contributed by atoms with E-state index < -0.39 is 0 Å². The van der Waals surface area contributed by atoms with Crippen molar-refractivity contribution < 1.29 is 4.79 Å². The number of aryl methyl sites for hydroxylation is 1. The summed E-state index contributed by atoms with van der Waals surface area (Å²) in [5.74, 6) is 0.236. The molecule has 1 aromatic heterocycles. The van der Waals surface area contributed by atoms with Gasteiger partial charge in [0, 0.05) is 37.6 Å². The van der Waals surface area contributed by atoms with E-state index in [0.717, 1.165) is 50.3 Å². The molecule has 0 spiro atoms. The SMILES string of the molecule is Cc1cc(C(=O)N2CCCCC2)c(C)n1CCN1CCCC1. The summed E-state index contributed by atoms with van der Waals surface area (Å²) in [5, 5.41) is 0. The molecule has 2 aliphatic heterocycles. The predicted molar refractivity (Wildman–Crippen MR) is 89.3 cm³/mol. The molecule has 3 heterocycles. The molecule has 0 saturated carbocycles. The van der Waals surface area contributed by atoms with Crippen LogP contribution in [-0.4, -0.2) is 53.0 Å². The van der Waals surface area contributed by atoms with Crippen molar-refractivity contribution in [3.63, 3.8) is 0 Å². The van der Waals surface area contributed by atoms with Gasteiger partial charge in [0.15, 0.2) is 0 Å². The van der Waals surface area contributed by atoms with Crippen LogP contribution in [0.4, 0.5) is 0 Å². The monoisotopic (exact) mass is 303 g/mol. The minimum absolute atomic E-state index is 0.236. The third-order valence-corrected chi connectivity index (χ3v) is 5.29. The van der Waals surface area contributed by atoms with Crippen molar-refractivity contribution in [3.05, 3.63) is 23.0 Å². The van der Waals surface area contributed by atoms with Gasteiger partial charge in [-0.3, -0.25) is 4.79 Å². The molecule has 2 fully saturated rings. The van der Waals surface area contributed by atoms with Crippen molar-refractivity contribution in [2.45, 2.75) is 52.5 Å². The van der Waals surface area contributed by atoms with E-state index in [1.54, 1.807) is 0 Å². The summed E-state index contributed by atoms with van der Waals surface area (Å²) >= 11 is 0. The number of hydrogen-bond acceptors (Lipinski definition) is 2. The van der Waals surface area contributed by atoms with Gasteiger partial charge in [0.1, 0.15) is 0 Å². The minimum atomic E-state index is 0.236. The van der Waals surface area contributed by atoms with Crippen LogP contribution in [0.3, 0.4) is 0 Å². The lowest BCUT2D eigenvalue weighted by Gasteiger charge is -2.26. The molecule has 0 unspecified atom stereocenters. The van der Waals surface area contributed by atoms with Gasteiger partial charge in [-0.25, -0.2) is 0 Å². The quantitative estimate of drug-likeness (QED) is 0.855. The Morgan fingerprint density at radius 1 is 0.955 bits per heavy atom. The van der Waals surface area contributed by atoms with Crippen LogP contribution < -0.4 is 0 Å². The summed E-state index contributed by atoms with van der Waals surface area (Å²) in [5.41, 5.74) is 3.28. The summed E-state index contributed by atoms with van der Waals surface area (Å²) in [7, 11) is 0. The first kappa shape index (κ1) is 15.6. The average molecular weight is 303 g/mol. The average Bonchev–Trinajstić information content (AvgIpc) is 3.14. The van der Waals surface area contributed by atoms with Crippen LogP contribution in [0.25, 0.3) is 0 Å². The second-order valence-corrected chi connectivity index (χ2v) is 6.84. The van der Waals surface area contributed by atoms with Gasteiger partial charge >= 0.3 is 0 Å². The van der Waals surface area contributed by atoms with Crippen LogP contribution in [0, 0.1) is 13.8 Å². The number of hydrogen-bond donors (Lipinski definition) is 0. The summed E-state index contributed by atoms with van der Waals surface area (Å²) in [6, 6.07) is 2.09. The van der Waals surface area contributed by atoms with Crippen molar-refractivity contribution in [1.29, 1.82) is 0 Å². The molecule has 0 aromatic carbocycles. The molecular formula is C18H29N3O. The number of piperidine rings is 1. The van der Waals surface area contributed by atoms with Crippen molar-refractivity contribution in [1.82, 2.24) is 14.4 Å². The normalized spacial score (nSPS) is 19.8. The maximum absolute atomic E-state index is 12.7. The largest absolute Gasteiger partial charge is 0.347 e. The number of aromatic nitrogens is 1. The molecule has 0 aliphatic carbocycles. The third-order valence-electron chi connectivity index (χ3n) is 5.29. The van der Waals surface area contributed by atoms with Gasteiger partial charge in [-0.1, -0.05) is 0 Å². The predicted octanol–water partition coefficient (Wildman–Crippen LogP) is 2.83. The summed E-state index contributed by atoms with van der Waals surface area (Å²) < 4.78 is 2.33. The molecule has 4 heteroatoms. The highest BCUT2D eigenvalue weighted by molar-refractivity contribution is 5.95. The Morgan fingerprint density at radius 2 is 1.59 bits per heavy atom. The maximum atomic E-state index is 12.7. The lowest BCUT2D eigenvalue weighted by Crippen LogP contribution is -2.35. The Balaban J connectivity index is 1.69. The number of rotatable bonds is 4. The first-order valence-electron chi connectivity index (χ1n) is 8.85. The van der Waals surface area contributed by atoms with E-state index >= 15 is 0 Å². The molecule has 2 saturated heterocycles. The molecule has 2 aliphatic rings. The van der Waals surface area contributed by atoms with Crippen LogP contribution in [0.15, 0.2) is 6.07 Å². The van der Waals surface area contributed by atoms with E-state index in [9.17, 15) is 4.79 Å². The van der Waals surface area contributed by atoms with Gasteiger partial charge in [-0.2, -0.15) is 0 Å². The van der Waals surface area contributed by atoms with Crippen molar-refractivity contribution in [2.75, 3.05) is 32.7 Å². The van der Waals surface area contributed by atoms with Gasteiger partial charge in [0.05, 0.1) is 5.56 Å². The first-order chi connectivity index (χ1) is 10.7. The van der Waals surface area contributed by atoms with E-state index in [1.165, 1.54) is 38.0 Å². The molecule has 1 amide bonds. The molecule has 22 heavy (non-hydrogen) atoms. The second kappa shape index (κ2) is 6.86. The fourth-order valence-electron chi connectivity index (χ4n) is 3.88. The van der Waals surface area contributed by atoms with Crippen LogP contribution >= 0.6 is 0 Å². The van der Waals surface area contributed by atoms with Crippen LogP contribution in [0.2, 0.25) is 0 Å². The topological polar surface area (TPSA) is 28.5 Å². The number of nitrogens with zero attached hydrogens (tertiary/aromatic N) is 3. The fraction of sp³-hybridized carbons (Fsp3) is 0.722. The van der Waals surface area contributed by atoms with Crippen LogP contribution in [0.5, 0.6) is 0 Å². The van der Waals surface area contributed by atoms with Crippen molar-refractivity contribution >= 4 is 5.91 Å². The molecule has 1 aromatic rings. The molecule has 0 atom stereocenters. The molecule has 0 radical (unpaired) electrons. The van der Waals surface area contributed by atoms with Gasteiger partial charge in [0.2, 0.25) is 0 Å². The zero-order chi connectivity index (χ0) is 15.5. The molecule has 0 N–H and O–H groups in total. The Morgan fingerprint density at radius 3 is 2.27 bits per heavy atom.